The largest absolute Gasteiger partial charge is 0.381 e. The van der Waals surface area contributed by atoms with Crippen LogP contribution in [0.25, 0.3) is 0 Å². The molecular weight excluding hydrogens is 309 g/mol. The minimum absolute atomic E-state index is 0.00854. The zero-order valence-corrected chi connectivity index (χ0v) is 14.3. The molecular formula is C19H26FNO3. The van der Waals surface area contributed by atoms with Crippen LogP contribution in [0.15, 0.2) is 24.3 Å². The van der Waals surface area contributed by atoms with Crippen LogP contribution in [0.2, 0.25) is 0 Å². The molecule has 1 atom stereocenters. The Labute approximate surface area is 142 Å². The van der Waals surface area contributed by atoms with Gasteiger partial charge < -0.3 is 14.8 Å². The minimum Gasteiger partial charge on any atom is -0.381 e. The summed E-state index contributed by atoms with van der Waals surface area (Å²) in [7, 11) is 0. The summed E-state index contributed by atoms with van der Waals surface area (Å²) in [4.78, 5) is 13.0. The van der Waals surface area contributed by atoms with Crippen molar-refractivity contribution in [3.63, 3.8) is 0 Å². The highest BCUT2D eigenvalue weighted by Gasteiger charge is 2.41. The Morgan fingerprint density at radius 2 is 1.96 bits per heavy atom. The van der Waals surface area contributed by atoms with Gasteiger partial charge in [0.25, 0.3) is 0 Å². The third kappa shape index (κ3) is 3.78. The second-order valence-electron chi connectivity index (χ2n) is 7.25. The van der Waals surface area contributed by atoms with E-state index in [0.717, 1.165) is 19.4 Å². The van der Waals surface area contributed by atoms with E-state index < -0.39 is 5.41 Å². The van der Waals surface area contributed by atoms with Gasteiger partial charge in [-0.1, -0.05) is 18.2 Å². The molecule has 1 aromatic rings. The molecule has 2 aliphatic heterocycles. The predicted octanol–water partition coefficient (Wildman–Crippen LogP) is 2.85. The van der Waals surface area contributed by atoms with Crippen molar-refractivity contribution in [3.8, 4) is 0 Å². The van der Waals surface area contributed by atoms with Crippen LogP contribution in [-0.4, -0.2) is 37.9 Å². The number of hydrogen-bond donors (Lipinski definition) is 1. The lowest BCUT2D eigenvalue weighted by Crippen LogP contribution is -2.50. The maximum Gasteiger partial charge on any atom is 0.226 e. The van der Waals surface area contributed by atoms with Gasteiger partial charge in [0.15, 0.2) is 0 Å². The first-order valence-corrected chi connectivity index (χ1v) is 8.77. The molecule has 1 amide bonds. The van der Waals surface area contributed by atoms with Crippen molar-refractivity contribution in [2.24, 2.45) is 5.41 Å². The Hall–Kier alpha value is -1.46. The number of carbonyl (C=O) groups excluding carboxylic acids is 1. The second kappa shape index (κ2) is 7.19. The monoisotopic (exact) mass is 335 g/mol. The van der Waals surface area contributed by atoms with Crippen LogP contribution in [0.1, 0.15) is 38.2 Å². The zero-order chi connectivity index (χ0) is 17.0. The summed E-state index contributed by atoms with van der Waals surface area (Å²) >= 11 is 0. The summed E-state index contributed by atoms with van der Waals surface area (Å²) in [5.41, 5.74) is -0.284. The lowest BCUT2D eigenvalue weighted by molar-refractivity contribution is -0.138. The third-order valence-electron chi connectivity index (χ3n) is 5.34. The van der Waals surface area contributed by atoms with Gasteiger partial charge in [0.2, 0.25) is 5.91 Å². The first-order valence-electron chi connectivity index (χ1n) is 8.77. The molecule has 0 aromatic heterocycles. The van der Waals surface area contributed by atoms with Gasteiger partial charge in [0.1, 0.15) is 5.82 Å². The maximum absolute atomic E-state index is 14.1. The molecule has 0 aliphatic carbocycles. The molecule has 0 radical (unpaired) electrons. The van der Waals surface area contributed by atoms with E-state index in [4.69, 9.17) is 9.47 Å². The smallest absolute Gasteiger partial charge is 0.226 e. The fraction of sp³-hybridized carbons (Fsp3) is 0.632. The fourth-order valence-corrected chi connectivity index (χ4v) is 3.68. The van der Waals surface area contributed by atoms with Gasteiger partial charge in [-0.15, -0.1) is 0 Å². The lowest BCUT2D eigenvalue weighted by Gasteiger charge is -2.37. The molecule has 0 bridgehead atoms. The molecule has 2 fully saturated rings. The molecule has 0 unspecified atom stereocenters. The van der Waals surface area contributed by atoms with Gasteiger partial charge >= 0.3 is 0 Å². The molecule has 2 saturated heterocycles. The predicted molar refractivity (Wildman–Crippen MR) is 89.2 cm³/mol. The number of rotatable bonds is 5. The van der Waals surface area contributed by atoms with Crippen LogP contribution in [-0.2, 0) is 20.7 Å². The van der Waals surface area contributed by atoms with Gasteiger partial charge in [-0.2, -0.15) is 0 Å². The normalized spacial score (nSPS) is 26.2. The Morgan fingerprint density at radius 3 is 2.62 bits per heavy atom. The van der Waals surface area contributed by atoms with Crippen LogP contribution in [0, 0.1) is 11.2 Å². The van der Waals surface area contributed by atoms with Gasteiger partial charge in [0, 0.05) is 26.4 Å². The molecule has 1 N–H and O–H groups in total. The highest BCUT2D eigenvalue weighted by atomic mass is 19.1. The van der Waals surface area contributed by atoms with Crippen LogP contribution in [0.4, 0.5) is 4.39 Å². The number of carbonyl (C=O) groups is 1. The fourth-order valence-electron chi connectivity index (χ4n) is 3.68. The molecule has 24 heavy (non-hydrogen) atoms. The summed E-state index contributed by atoms with van der Waals surface area (Å²) in [5.74, 6) is -0.256. The SMILES string of the molecule is C[C@]1(CNC(=O)C2(Cc3ccccc3F)CCOCC2)CCCO1. The van der Waals surface area contributed by atoms with Crippen LogP contribution in [0.3, 0.4) is 0 Å². The molecule has 5 heteroatoms. The third-order valence-corrected chi connectivity index (χ3v) is 5.34. The number of benzene rings is 1. The number of ether oxygens (including phenoxy) is 2. The molecule has 2 aliphatic rings. The van der Waals surface area contributed by atoms with Crippen LogP contribution in [0.5, 0.6) is 0 Å². The molecule has 2 heterocycles. The topological polar surface area (TPSA) is 47.6 Å². The highest BCUT2D eigenvalue weighted by molar-refractivity contribution is 5.83. The Bertz CT molecular complexity index is 578. The summed E-state index contributed by atoms with van der Waals surface area (Å²) in [6, 6.07) is 6.71. The average molecular weight is 335 g/mol. The molecule has 0 saturated carbocycles. The van der Waals surface area contributed by atoms with Crippen molar-refractivity contribution >= 4 is 5.91 Å². The Morgan fingerprint density at radius 1 is 1.21 bits per heavy atom. The van der Waals surface area contributed by atoms with Gasteiger partial charge in [-0.25, -0.2) is 4.39 Å². The van der Waals surface area contributed by atoms with Gasteiger partial charge in [-0.3, -0.25) is 4.79 Å². The summed E-state index contributed by atoms with van der Waals surface area (Å²) in [6.45, 7) is 4.37. The number of nitrogens with one attached hydrogen (secondary N) is 1. The summed E-state index contributed by atoms with van der Waals surface area (Å²) < 4.78 is 25.3. The molecule has 0 spiro atoms. The Balaban J connectivity index is 1.72. The van der Waals surface area contributed by atoms with Crippen LogP contribution < -0.4 is 5.32 Å². The minimum atomic E-state index is -0.602. The van der Waals surface area contributed by atoms with E-state index in [9.17, 15) is 9.18 Å². The number of hydrogen-bond acceptors (Lipinski definition) is 3. The lowest BCUT2D eigenvalue weighted by atomic mass is 9.74. The van der Waals surface area contributed by atoms with E-state index in [0.29, 0.717) is 44.6 Å². The quantitative estimate of drug-likeness (QED) is 0.900. The Kier molecular flexibility index (Phi) is 5.21. The van der Waals surface area contributed by atoms with Gasteiger partial charge in [0.05, 0.1) is 11.0 Å². The van der Waals surface area contributed by atoms with E-state index in [-0.39, 0.29) is 17.3 Å². The van der Waals surface area contributed by atoms with Crippen LogP contribution >= 0.6 is 0 Å². The standard InChI is InChI=1S/C19H26FNO3/c1-18(7-4-10-24-18)14-21-17(22)19(8-11-23-12-9-19)13-15-5-2-3-6-16(15)20/h2-3,5-6H,4,7-14H2,1H3,(H,21,22)/t18-/m1/s1. The van der Waals surface area contributed by atoms with E-state index in [1.807, 2.05) is 13.0 Å². The molecule has 3 rings (SSSR count). The number of amides is 1. The van der Waals surface area contributed by atoms with Crippen molar-refractivity contribution in [3.05, 3.63) is 35.6 Å². The van der Waals surface area contributed by atoms with Crippen molar-refractivity contribution < 1.29 is 18.7 Å². The molecule has 1 aromatic carbocycles. The first kappa shape index (κ1) is 17.4. The summed E-state index contributed by atoms with van der Waals surface area (Å²) in [5, 5.41) is 3.07. The zero-order valence-electron chi connectivity index (χ0n) is 14.3. The van der Waals surface area contributed by atoms with Gasteiger partial charge in [-0.05, 0) is 50.7 Å². The van der Waals surface area contributed by atoms with Crippen molar-refractivity contribution in [1.29, 1.82) is 0 Å². The summed E-state index contributed by atoms with van der Waals surface area (Å²) in [6.07, 6.45) is 3.62. The first-order chi connectivity index (χ1) is 11.5. The second-order valence-corrected chi connectivity index (χ2v) is 7.25. The maximum atomic E-state index is 14.1. The van der Waals surface area contributed by atoms with E-state index >= 15 is 0 Å². The van der Waals surface area contributed by atoms with Crippen molar-refractivity contribution in [2.45, 2.75) is 44.6 Å². The molecule has 4 nitrogen and oxygen atoms in total. The average Bonchev–Trinajstić information content (AvgIpc) is 3.03. The van der Waals surface area contributed by atoms with E-state index in [1.54, 1.807) is 12.1 Å². The highest BCUT2D eigenvalue weighted by Crippen LogP contribution is 2.36. The van der Waals surface area contributed by atoms with E-state index in [1.165, 1.54) is 6.07 Å². The number of halogens is 1. The molecule has 132 valence electrons. The van der Waals surface area contributed by atoms with Crippen molar-refractivity contribution in [1.82, 2.24) is 5.32 Å². The van der Waals surface area contributed by atoms with Crippen molar-refractivity contribution in [2.75, 3.05) is 26.4 Å². The van der Waals surface area contributed by atoms with E-state index in [2.05, 4.69) is 5.32 Å².